The number of carbonyl (C=O) groups excluding carboxylic acids is 1. The first-order valence-corrected chi connectivity index (χ1v) is 11.5. The summed E-state index contributed by atoms with van der Waals surface area (Å²) in [4.78, 5) is 11.7. The zero-order valence-electron chi connectivity index (χ0n) is 18.1. The third kappa shape index (κ3) is 19.5. The van der Waals surface area contributed by atoms with Gasteiger partial charge in [-0.25, -0.2) is 0 Å². The Balaban J connectivity index is 3.28. The van der Waals surface area contributed by atoms with Crippen LogP contribution in [0.1, 0.15) is 130 Å². The summed E-state index contributed by atoms with van der Waals surface area (Å²) in [5.74, 6) is -0.00812. The molecule has 1 atom stereocenters. The van der Waals surface area contributed by atoms with E-state index in [9.17, 15) is 4.79 Å². The van der Waals surface area contributed by atoms with Crippen molar-refractivity contribution in [3.05, 3.63) is 12.2 Å². The fraction of sp³-hybridized carbons (Fsp3) is 0.875. The van der Waals surface area contributed by atoms with Crippen LogP contribution in [0.15, 0.2) is 12.2 Å². The molecule has 0 aliphatic carbocycles. The molecule has 0 saturated heterocycles. The van der Waals surface area contributed by atoms with Gasteiger partial charge in [-0.2, -0.15) is 0 Å². The van der Waals surface area contributed by atoms with E-state index < -0.39 is 0 Å². The average Bonchev–Trinajstić information content (AvgIpc) is 2.63. The summed E-state index contributed by atoms with van der Waals surface area (Å²) < 4.78 is 5.42. The van der Waals surface area contributed by atoms with Crippen LogP contribution in [0.2, 0.25) is 0 Å². The van der Waals surface area contributed by atoms with Crippen molar-refractivity contribution in [3.8, 4) is 0 Å². The number of unbranched alkanes of at least 4 members (excludes halogenated alkanes) is 12. The number of rotatable bonds is 19. The highest BCUT2D eigenvalue weighted by Gasteiger charge is 2.08. The first kappa shape index (κ1) is 25.2. The van der Waals surface area contributed by atoms with Crippen molar-refractivity contribution in [1.82, 2.24) is 0 Å². The summed E-state index contributed by atoms with van der Waals surface area (Å²) in [5.41, 5.74) is 0. The van der Waals surface area contributed by atoms with Gasteiger partial charge in [0.05, 0.1) is 6.10 Å². The van der Waals surface area contributed by atoms with Gasteiger partial charge in [0.25, 0.3) is 0 Å². The second-order valence-corrected chi connectivity index (χ2v) is 7.78. The van der Waals surface area contributed by atoms with Crippen molar-refractivity contribution in [2.75, 3.05) is 0 Å². The molecule has 0 saturated carbocycles. The molecule has 0 spiro atoms. The van der Waals surface area contributed by atoms with Crippen LogP contribution in [0.3, 0.4) is 0 Å². The minimum atomic E-state index is -0.00812. The SMILES string of the molecule is CCCCCCCCC=CCCCCCCCC(=O)OC(C)CCCC. The predicted octanol–water partition coefficient (Wildman–Crippen LogP) is 8.15. The van der Waals surface area contributed by atoms with Crippen LogP contribution < -0.4 is 0 Å². The monoisotopic (exact) mass is 366 g/mol. The average molecular weight is 367 g/mol. The second-order valence-electron chi connectivity index (χ2n) is 7.78. The Hall–Kier alpha value is -0.790. The molecular weight excluding hydrogens is 320 g/mol. The van der Waals surface area contributed by atoms with Gasteiger partial charge in [0.15, 0.2) is 0 Å². The summed E-state index contributed by atoms with van der Waals surface area (Å²) in [6.07, 6.45) is 25.4. The largest absolute Gasteiger partial charge is 0.463 e. The molecule has 0 aromatic rings. The van der Waals surface area contributed by atoms with Gasteiger partial charge in [0, 0.05) is 6.42 Å². The van der Waals surface area contributed by atoms with Crippen LogP contribution in [-0.2, 0) is 9.53 Å². The fourth-order valence-corrected chi connectivity index (χ4v) is 3.17. The maximum atomic E-state index is 11.7. The van der Waals surface area contributed by atoms with Crippen LogP contribution in [0.4, 0.5) is 0 Å². The maximum Gasteiger partial charge on any atom is 0.306 e. The van der Waals surface area contributed by atoms with Crippen molar-refractivity contribution in [3.63, 3.8) is 0 Å². The molecule has 154 valence electrons. The topological polar surface area (TPSA) is 26.3 Å². The highest BCUT2D eigenvalue weighted by atomic mass is 16.5. The van der Waals surface area contributed by atoms with E-state index in [2.05, 4.69) is 26.0 Å². The molecule has 26 heavy (non-hydrogen) atoms. The van der Waals surface area contributed by atoms with Crippen molar-refractivity contribution in [2.24, 2.45) is 0 Å². The molecule has 0 aliphatic rings. The molecule has 0 bridgehead atoms. The molecule has 0 fully saturated rings. The minimum absolute atomic E-state index is 0.00812. The lowest BCUT2D eigenvalue weighted by Crippen LogP contribution is -2.14. The third-order valence-electron chi connectivity index (χ3n) is 4.94. The van der Waals surface area contributed by atoms with Crippen molar-refractivity contribution < 1.29 is 9.53 Å². The number of allylic oxidation sites excluding steroid dienone is 2. The Kier molecular flexibility index (Phi) is 19.9. The van der Waals surface area contributed by atoms with Crippen molar-refractivity contribution in [1.29, 1.82) is 0 Å². The second kappa shape index (κ2) is 20.5. The zero-order valence-corrected chi connectivity index (χ0v) is 18.1. The highest BCUT2D eigenvalue weighted by Crippen LogP contribution is 2.11. The summed E-state index contributed by atoms with van der Waals surface area (Å²) >= 11 is 0. The zero-order chi connectivity index (χ0) is 19.3. The van der Waals surface area contributed by atoms with Gasteiger partial charge in [-0.15, -0.1) is 0 Å². The van der Waals surface area contributed by atoms with Crippen LogP contribution in [0.5, 0.6) is 0 Å². The van der Waals surface area contributed by atoms with Gasteiger partial charge in [-0.1, -0.05) is 90.2 Å². The molecule has 0 aromatic carbocycles. The van der Waals surface area contributed by atoms with E-state index in [1.165, 1.54) is 70.6 Å². The molecule has 0 N–H and O–H groups in total. The molecule has 0 amide bonds. The molecule has 0 heterocycles. The summed E-state index contributed by atoms with van der Waals surface area (Å²) in [5, 5.41) is 0. The number of hydrogen-bond donors (Lipinski definition) is 0. The lowest BCUT2D eigenvalue weighted by atomic mass is 10.1. The van der Waals surface area contributed by atoms with Gasteiger partial charge < -0.3 is 4.74 Å². The number of ether oxygens (including phenoxy) is 1. The van der Waals surface area contributed by atoms with Gasteiger partial charge in [0.2, 0.25) is 0 Å². The minimum Gasteiger partial charge on any atom is -0.463 e. The fourth-order valence-electron chi connectivity index (χ4n) is 3.17. The Morgan fingerprint density at radius 2 is 1.23 bits per heavy atom. The Morgan fingerprint density at radius 3 is 1.81 bits per heavy atom. The van der Waals surface area contributed by atoms with Gasteiger partial charge >= 0.3 is 5.97 Å². The van der Waals surface area contributed by atoms with Gasteiger partial charge in [0.1, 0.15) is 0 Å². The predicted molar refractivity (Wildman–Crippen MR) is 115 cm³/mol. The molecule has 2 heteroatoms. The van der Waals surface area contributed by atoms with E-state index in [-0.39, 0.29) is 12.1 Å². The number of hydrogen-bond acceptors (Lipinski definition) is 2. The van der Waals surface area contributed by atoms with Crippen LogP contribution in [0, 0.1) is 0 Å². The first-order chi connectivity index (χ1) is 12.7. The Morgan fingerprint density at radius 1 is 0.731 bits per heavy atom. The molecule has 2 nitrogen and oxygen atoms in total. The lowest BCUT2D eigenvalue weighted by molar-refractivity contribution is -0.148. The number of esters is 1. The lowest BCUT2D eigenvalue weighted by Gasteiger charge is -2.12. The number of carbonyl (C=O) groups is 1. The normalized spacial score (nSPS) is 12.6. The molecule has 0 aliphatic heterocycles. The summed E-state index contributed by atoms with van der Waals surface area (Å²) in [6.45, 7) is 6.44. The maximum absolute atomic E-state index is 11.7. The molecule has 1 unspecified atom stereocenters. The van der Waals surface area contributed by atoms with E-state index in [0.29, 0.717) is 6.42 Å². The summed E-state index contributed by atoms with van der Waals surface area (Å²) in [7, 11) is 0. The standard InChI is InChI=1S/C24H46O2/c1-4-6-8-9-10-11-12-13-14-15-16-17-18-19-20-22-24(25)26-23(3)21-7-5-2/h13-14,23H,4-12,15-22H2,1-3H3. The molecule has 0 aromatic heterocycles. The Bertz CT molecular complexity index is 322. The van der Waals surface area contributed by atoms with Gasteiger partial charge in [-0.05, 0) is 45.4 Å². The van der Waals surface area contributed by atoms with Crippen molar-refractivity contribution in [2.45, 2.75) is 136 Å². The summed E-state index contributed by atoms with van der Waals surface area (Å²) in [6, 6.07) is 0. The third-order valence-corrected chi connectivity index (χ3v) is 4.94. The van der Waals surface area contributed by atoms with Crippen molar-refractivity contribution >= 4 is 5.97 Å². The first-order valence-electron chi connectivity index (χ1n) is 11.5. The van der Waals surface area contributed by atoms with Crippen LogP contribution in [0.25, 0.3) is 0 Å². The van der Waals surface area contributed by atoms with E-state index in [1.54, 1.807) is 0 Å². The van der Waals surface area contributed by atoms with E-state index >= 15 is 0 Å². The molecule has 0 rings (SSSR count). The van der Waals surface area contributed by atoms with E-state index in [4.69, 9.17) is 4.74 Å². The van der Waals surface area contributed by atoms with E-state index in [0.717, 1.165) is 32.1 Å². The van der Waals surface area contributed by atoms with Gasteiger partial charge in [-0.3, -0.25) is 4.79 Å². The molecule has 0 radical (unpaired) electrons. The van der Waals surface area contributed by atoms with Crippen LogP contribution in [-0.4, -0.2) is 12.1 Å². The highest BCUT2D eigenvalue weighted by molar-refractivity contribution is 5.69. The van der Waals surface area contributed by atoms with Crippen LogP contribution >= 0.6 is 0 Å². The molecular formula is C24H46O2. The quantitative estimate of drug-likeness (QED) is 0.131. The Labute approximate surface area is 164 Å². The smallest absolute Gasteiger partial charge is 0.306 e. The van der Waals surface area contributed by atoms with E-state index in [1.807, 2.05) is 6.92 Å².